The molecule has 0 saturated carbocycles. The van der Waals surface area contributed by atoms with Crippen molar-refractivity contribution in [2.45, 2.75) is 0 Å². The molecule has 0 N–H and O–H groups in total. The summed E-state index contributed by atoms with van der Waals surface area (Å²) in [5, 5.41) is 21.8. The zero-order valence-corrected chi connectivity index (χ0v) is 17.4. The topological polar surface area (TPSA) is 130 Å². The molecule has 0 aliphatic rings. The number of nitro benzene ring substituents is 2. The first-order valence-corrected chi connectivity index (χ1v) is 9.81. The molecule has 33 heavy (non-hydrogen) atoms. The van der Waals surface area contributed by atoms with Gasteiger partial charge < -0.3 is 8.83 Å². The Balaban J connectivity index is 1.47. The van der Waals surface area contributed by atoms with Crippen LogP contribution in [0.3, 0.4) is 0 Å². The maximum Gasteiger partial charge on any atom is 0.270 e. The maximum atomic E-state index is 12.4. The summed E-state index contributed by atoms with van der Waals surface area (Å²) in [5.41, 5.74) is 0.899. The van der Waals surface area contributed by atoms with Crippen LogP contribution >= 0.6 is 11.6 Å². The first kappa shape index (κ1) is 21.7. The number of halogens is 1. The normalized spacial score (nSPS) is 11.1. The molecule has 0 aliphatic carbocycles. The monoisotopic (exact) mass is 464 g/mol. The van der Waals surface area contributed by atoms with Gasteiger partial charge >= 0.3 is 0 Å². The zero-order valence-electron chi connectivity index (χ0n) is 16.6. The predicted octanol–water partition coefficient (Wildman–Crippen LogP) is 6.57. The second-order valence-corrected chi connectivity index (χ2v) is 7.20. The molecule has 2 aromatic carbocycles. The van der Waals surface area contributed by atoms with Gasteiger partial charge in [-0.25, -0.2) is 0 Å². The van der Waals surface area contributed by atoms with E-state index in [-0.39, 0.29) is 22.2 Å². The van der Waals surface area contributed by atoms with Crippen molar-refractivity contribution in [3.8, 4) is 22.6 Å². The number of allylic oxidation sites excluding steroid dienone is 1. The van der Waals surface area contributed by atoms with E-state index in [0.29, 0.717) is 28.4 Å². The molecule has 0 bridgehead atoms. The van der Waals surface area contributed by atoms with Gasteiger partial charge in [0.15, 0.2) is 5.76 Å². The minimum atomic E-state index is -0.542. The van der Waals surface area contributed by atoms with Gasteiger partial charge in [-0.05, 0) is 54.6 Å². The Labute approximate surface area is 190 Å². The Morgan fingerprint density at radius 1 is 0.818 bits per heavy atom. The number of nitro groups is 2. The van der Waals surface area contributed by atoms with Gasteiger partial charge in [0.05, 0.1) is 14.9 Å². The minimum Gasteiger partial charge on any atom is -0.457 e. The third-order valence-electron chi connectivity index (χ3n) is 4.67. The molecular weight excluding hydrogens is 452 g/mol. The Morgan fingerprint density at radius 2 is 1.48 bits per heavy atom. The van der Waals surface area contributed by atoms with E-state index in [0.717, 1.165) is 0 Å². The van der Waals surface area contributed by atoms with E-state index < -0.39 is 15.6 Å². The average Bonchev–Trinajstić information content (AvgIpc) is 3.47. The van der Waals surface area contributed by atoms with E-state index in [4.69, 9.17) is 20.4 Å². The van der Waals surface area contributed by atoms with E-state index in [1.807, 2.05) is 0 Å². The number of rotatable bonds is 7. The molecule has 2 aromatic heterocycles. The van der Waals surface area contributed by atoms with Gasteiger partial charge in [0.25, 0.3) is 11.4 Å². The van der Waals surface area contributed by atoms with Crippen LogP contribution in [0.25, 0.3) is 28.7 Å². The largest absolute Gasteiger partial charge is 0.457 e. The number of non-ortho nitro benzene ring substituents is 2. The molecule has 10 heteroatoms. The van der Waals surface area contributed by atoms with Crippen LogP contribution in [0, 0.1) is 20.2 Å². The van der Waals surface area contributed by atoms with Crippen molar-refractivity contribution >= 4 is 34.8 Å². The first-order valence-electron chi connectivity index (χ1n) is 9.43. The van der Waals surface area contributed by atoms with E-state index in [1.165, 1.54) is 60.7 Å². The van der Waals surface area contributed by atoms with Crippen LogP contribution in [-0.4, -0.2) is 15.6 Å². The molecule has 4 aromatic rings. The van der Waals surface area contributed by atoms with Gasteiger partial charge in [-0.3, -0.25) is 25.0 Å². The highest BCUT2D eigenvalue weighted by molar-refractivity contribution is 6.33. The molecule has 9 nitrogen and oxygen atoms in total. The Bertz CT molecular complexity index is 1400. The number of nitrogens with zero attached hydrogens (tertiary/aromatic N) is 2. The van der Waals surface area contributed by atoms with E-state index >= 15 is 0 Å². The van der Waals surface area contributed by atoms with Crippen molar-refractivity contribution < 1.29 is 23.5 Å². The Hall–Kier alpha value is -4.50. The van der Waals surface area contributed by atoms with Gasteiger partial charge in [-0.15, -0.1) is 0 Å². The van der Waals surface area contributed by atoms with Gasteiger partial charge in [0, 0.05) is 35.4 Å². The van der Waals surface area contributed by atoms with Gasteiger partial charge in [0.2, 0.25) is 5.78 Å². The minimum absolute atomic E-state index is 0.0441. The fourth-order valence-electron chi connectivity index (χ4n) is 3.02. The lowest BCUT2D eigenvalue weighted by molar-refractivity contribution is -0.385. The summed E-state index contributed by atoms with van der Waals surface area (Å²) in [6, 6.07) is 16.2. The van der Waals surface area contributed by atoms with Crippen LogP contribution in [0.5, 0.6) is 0 Å². The summed E-state index contributed by atoms with van der Waals surface area (Å²) >= 11 is 6.12. The molecule has 164 valence electrons. The fourth-order valence-corrected chi connectivity index (χ4v) is 3.29. The van der Waals surface area contributed by atoms with Crippen molar-refractivity contribution in [3.05, 3.63) is 110 Å². The number of hydrogen-bond acceptors (Lipinski definition) is 7. The molecule has 0 atom stereocenters. The quantitative estimate of drug-likeness (QED) is 0.131. The van der Waals surface area contributed by atoms with Crippen LogP contribution in [0.1, 0.15) is 16.3 Å². The molecule has 4 rings (SSSR count). The molecule has 0 radical (unpaired) electrons. The van der Waals surface area contributed by atoms with Crippen LogP contribution in [0.4, 0.5) is 11.4 Å². The smallest absolute Gasteiger partial charge is 0.270 e. The standard InChI is InChI=1S/C23H13ClN2O7/c24-19-13-16(26(30)31)5-8-18(19)22-10-7-17(32-22)6-9-20(27)23-12-11-21(33-23)14-1-3-15(4-2-14)25(28)29/h1-13H. The van der Waals surface area contributed by atoms with Crippen LogP contribution in [0.15, 0.2) is 81.6 Å². The average molecular weight is 465 g/mol. The van der Waals surface area contributed by atoms with Gasteiger partial charge in [-0.2, -0.15) is 0 Å². The molecule has 0 aliphatic heterocycles. The second kappa shape index (κ2) is 8.93. The summed E-state index contributed by atoms with van der Waals surface area (Å²) in [7, 11) is 0. The van der Waals surface area contributed by atoms with Gasteiger partial charge in [-0.1, -0.05) is 11.6 Å². The maximum absolute atomic E-state index is 12.4. The first-order chi connectivity index (χ1) is 15.8. The summed E-state index contributed by atoms with van der Waals surface area (Å²) in [5.74, 6) is 0.837. The van der Waals surface area contributed by atoms with Crippen molar-refractivity contribution in [2.24, 2.45) is 0 Å². The van der Waals surface area contributed by atoms with E-state index in [9.17, 15) is 25.0 Å². The third-order valence-corrected chi connectivity index (χ3v) is 4.98. The Kier molecular flexibility index (Phi) is 5.88. The highest BCUT2D eigenvalue weighted by Crippen LogP contribution is 2.32. The van der Waals surface area contributed by atoms with Crippen LogP contribution < -0.4 is 0 Å². The summed E-state index contributed by atoms with van der Waals surface area (Å²) < 4.78 is 11.2. The summed E-state index contributed by atoms with van der Waals surface area (Å²) in [6.45, 7) is 0. The van der Waals surface area contributed by atoms with E-state index in [1.54, 1.807) is 18.2 Å². The van der Waals surface area contributed by atoms with Crippen molar-refractivity contribution in [1.29, 1.82) is 0 Å². The second-order valence-electron chi connectivity index (χ2n) is 6.79. The summed E-state index contributed by atoms with van der Waals surface area (Å²) in [4.78, 5) is 33.0. The molecular formula is C23H13ClN2O7. The van der Waals surface area contributed by atoms with Crippen LogP contribution in [0.2, 0.25) is 5.02 Å². The molecule has 0 fully saturated rings. The summed E-state index contributed by atoms with van der Waals surface area (Å²) in [6.07, 6.45) is 2.73. The fraction of sp³-hybridized carbons (Fsp3) is 0. The van der Waals surface area contributed by atoms with Crippen LogP contribution in [-0.2, 0) is 0 Å². The Morgan fingerprint density at radius 3 is 2.15 bits per heavy atom. The van der Waals surface area contributed by atoms with Crippen molar-refractivity contribution in [3.63, 3.8) is 0 Å². The number of carbonyl (C=O) groups excluding carboxylic acids is 1. The third kappa shape index (κ3) is 4.73. The predicted molar refractivity (Wildman–Crippen MR) is 120 cm³/mol. The number of ketones is 1. The SMILES string of the molecule is O=C(C=Cc1ccc(-c2ccc([N+](=O)[O-])cc2Cl)o1)c1ccc(-c2ccc([N+](=O)[O-])cc2)o1. The highest BCUT2D eigenvalue weighted by Gasteiger charge is 2.14. The molecule has 0 spiro atoms. The molecule has 0 unspecified atom stereocenters. The highest BCUT2D eigenvalue weighted by atomic mass is 35.5. The molecule has 0 saturated heterocycles. The zero-order chi connectivity index (χ0) is 23.5. The van der Waals surface area contributed by atoms with Gasteiger partial charge in [0.1, 0.15) is 17.3 Å². The van der Waals surface area contributed by atoms with E-state index in [2.05, 4.69) is 0 Å². The molecule has 0 amide bonds. The van der Waals surface area contributed by atoms with Crippen molar-refractivity contribution in [1.82, 2.24) is 0 Å². The van der Waals surface area contributed by atoms with Crippen molar-refractivity contribution in [2.75, 3.05) is 0 Å². The number of furan rings is 2. The number of carbonyl (C=O) groups is 1. The number of benzene rings is 2. The molecule has 2 heterocycles. The lowest BCUT2D eigenvalue weighted by atomic mass is 10.1. The lowest BCUT2D eigenvalue weighted by Crippen LogP contribution is -1.90. The number of hydrogen-bond donors (Lipinski definition) is 0. The lowest BCUT2D eigenvalue weighted by Gasteiger charge is -2.00.